The third-order valence-corrected chi connectivity index (χ3v) is 8.33. The summed E-state index contributed by atoms with van der Waals surface area (Å²) in [5, 5.41) is 5.84. The summed E-state index contributed by atoms with van der Waals surface area (Å²) in [6, 6.07) is 36.9. The molecule has 1 aliphatic heterocycles. The van der Waals surface area contributed by atoms with Crippen molar-refractivity contribution in [1.82, 2.24) is 24.6 Å². The summed E-state index contributed by atoms with van der Waals surface area (Å²) in [5.74, 6) is 2.15. The van der Waals surface area contributed by atoms with Crippen LogP contribution in [0.15, 0.2) is 122 Å². The molecule has 0 bridgehead atoms. The van der Waals surface area contributed by atoms with E-state index in [1.165, 1.54) is 5.56 Å². The molecule has 2 aromatic heterocycles. The number of benzene rings is 4. The lowest BCUT2D eigenvalue weighted by Crippen LogP contribution is -2.38. The number of hydrogen-bond acceptors (Lipinski definition) is 8. The highest BCUT2D eigenvalue weighted by Crippen LogP contribution is 2.42. The number of aromatic nitrogens is 4. The number of rotatable bonds is 10. The summed E-state index contributed by atoms with van der Waals surface area (Å²) in [5.41, 5.74) is 4.75. The standard InChI is InChI=1S/C36H34N6O3/c1-43-30-17-13-28(14-18-30)36(27-11-7-4-8-12-27,29-15-19-31(44-2)20-16-29)40-34-33-35(38-24-37-34)42(25-39-33)32-21-22-41(45-32)23-26-9-5-3-6-10-26/h3-20,24-25,32H,21-23H2,1-2H3,(H,37,38,40)/t32-/m1/s1. The molecule has 1 N–H and O–H groups in total. The predicted molar refractivity (Wildman–Crippen MR) is 173 cm³/mol. The van der Waals surface area contributed by atoms with Gasteiger partial charge in [-0.2, -0.15) is 5.06 Å². The van der Waals surface area contributed by atoms with Crippen LogP contribution < -0.4 is 14.8 Å². The average Bonchev–Trinajstić information content (AvgIpc) is 3.76. The van der Waals surface area contributed by atoms with Gasteiger partial charge < -0.3 is 14.8 Å². The topological polar surface area (TPSA) is 86.6 Å². The third kappa shape index (κ3) is 5.48. The first-order valence-electron chi connectivity index (χ1n) is 14.9. The molecule has 9 nitrogen and oxygen atoms in total. The van der Waals surface area contributed by atoms with E-state index in [4.69, 9.17) is 24.3 Å². The summed E-state index contributed by atoms with van der Waals surface area (Å²) < 4.78 is 13.0. The Labute approximate surface area is 262 Å². The molecule has 9 heteroatoms. The Morgan fingerprint density at radius 3 is 1.98 bits per heavy atom. The van der Waals surface area contributed by atoms with Gasteiger partial charge in [0, 0.05) is 19.5 Å². The highest BCUT2D eigenvalue weighted by Gasteiger charge is 2.38. The molecule has 226 valence electrons. The van der Waals surface area contributed by atoms with E-state index in [1.807, 2.05) is 70.3 Å². The lowest BCUT2D eigenvalue weighted by atomic mass is 9.77. The predicted octanol–water partition coefficient (Wildman–Crippen LogP) is 6.58. The zero-order valence-corrected chi connectivity index (χ0v) is 25.2. The number of ether oxygens (including phenoxy) is 2. The molecule has 6 aromatic rings. The summed E-state index contributed by atoms with van der Waals surface area (Å²) in [7, 11) is 3.34. The first kappa shape index (κ1) is 28.5. The minimum absolute atomic E-state index is 0.219. The molecule has 7 rings (SSSR count). The maximum atomic E-state index is 6.36. The number of hydroxylamine groups is 2. The lowest BCUT2D eigenvalue weighted by Gasteiger charge is -2.37. The number of nitrogens with zero attached hydrogens (tertiary/aromatic N) is 5. The molecule has 45 heavy (non-hydrogen) atoms. The quantitative estimate of drug-likeness (QED) is 0.177. The number of methoxy groups -OCH3 is 2. The van der Waals surface area contributed by atoms with Crippen molar-refractivity contribution in [2.75, 3.05) is 26.1 Å². The van der Waals surface area contributed by atoms with Crippen molar-refractivity contribution in [2.24, 2.45) is 0 Å². The molecule has 0 amide bonds. The van der Waals surface area contributed by atoms with Crippen molar-refractivity contribution >= 4 is 17.0 Å². The molecular weight excluding hydrogens is 564 g/mol. The molecule has 0 unspecified atom stereocenters. The molecule has 0 saturated carbocycles. The van der Waals surface area contributed by atoms with Gasteiger partial charge in [0.2, 0.25) is 0 Å². The third-order valence-electron chi connectivity index (χ3n) is 8.33. The van der Waals surface area contributed by atoms with Crippen LogP contribution >= 0.6 is 0 Å². The summed E-state index contributed by atoms with van der Waals surface area (Å²) in [4.78, 5) is 20.6. The molecule has 3 heterocycles. The second-order valence-electron chi connectivity index (χ2n) is 10.9. The minimum Gasteiger partial charge on any atom is -0.497 e. The Hall–Kier alpha value is -5.25. The van der Waals surface area contributed by atoms with Gasteiger partial charge in [-0.3, -0.25) is 9.40 Å². The van der Waals surface area contributed by atoms with Crippen molar-refractivity contribution in [3.8, 4) is 11.5 Å². The summed E-state index contributed by atoms with van der Waals surface area (Å²) in [6.45, 7) is 1.52. The van der Waals surface area contributed by atoms with E-state index in [2.05, 4.69) is 58.8 Å². The highest BCUT2D eigenvalue weighted by molar-refractivity contribution is 5.84. The molecule has 0 radical (unpaired) electrons. The van der Waals surface area contributed by atoms with E-state index >= 15 is 0 Å². The molecule has 1 atom stereocenters. The Balaban J connectivity index is 1.30. The van der Waals surface area contributed by atoms with Crippen LogP contribution in [-0.2, 0) is 16.9 Å². The zero-order valence-electron chi connectivity index (χ0n) is 25.2. The van der Waals surface area contributed by atoms with Crippen LogP contribution in [0.5, 0.6) is 11.5 Å². The molecule has 1 fully saturated rings. The van der Waals surface area contributed by atoms with Crippen molar-refractivity contribution in [3.63, 3.8) is 0 Å². The van der Waals surface area contributed by atoms with Crippen molar-refractivity contribution < 1.29 is 14.3 Å². The first-order chi connectivity index (χ1) is 22.2. The van der Waals surface area contributed by atoms with E-state index in [9.17, 15) is 0 Å². The number of imidazole rings is 1. The zero-order chi connectivity index (χ0) is 30.6. The van der Waals surface area contributed by atoms with Crippen LogP contribution in [0.2, 0.25) is 0 Å². The van der Waals surface area contributed by atoms with Crippen molar-refractivity contribution in [1.29, 1.82) is 0 Å². The fourth-order valence-electron chi connectivity index (χ4n) is 6.04. The maximum absolute atomic E-state index is 6.36. The summed E-state index contributed by atoms with van der Waals surface area (Å²) in [6.07, 6.45) is 3.98. The van der Waals surface area contributed by atoms with Gasteiger partial charge in [-0.1, -0.05) is 84.9 Å². The van der Waals surface area contributed by atoms with Gasteiger partial charge in [0.15, 0.2) is 23.2 Å². The largest absolute Gasteiger partial charge is 0.497 e. The minimum atomic E-state index is -0.846. The van der Waals surface area contributed by atoms with Gasteiger partial charge >= 0.3 is 0 Å². The van der Waals surface area contributed by atoms with E-state index < -0.39 is 5.54 Å². The van der Waals surface area contributed by atoms with Gasteiger partial charge in [-0.05, 0) is 46.5 Å². The molecule has 0 spiro atoms. The summed E-state index contributed by atoms with van der Waals surface area (Å²) >= 11 is 0. The SMILES string of the molecule is COc1ccc(C(Nc2ncnc3c2ncn3[C@H]2CCN(Cc3ccccc3)O2)(c2ccccc2)c2ccc(OC)cc2)cc1. The molecule has 1 aliphatic rings. The Bertz CT molecular complexity index is 1810. The monoisotopic (exact) mass is 598 g/mol. The highest BCUT2D eigenvalue weighted by atomic mass is 16.7. The second kappa shape index (κ2) is 12.4. The molecule has 0 aliphatic carbocycles. The average molecular weight is 599 g/mol. The van der Waals surface area contributed by atoms with Crippen LogP contribution in [0.4, 0.5) is 5.82 Å². The normalized spacial score (nSPS) is 15.3. The lowest BCUT2D eigenvalue weighted by molar-refractivity contribution is -0.174. The van der Waals surface area contributed by atoms with E-state index in [-0.39, 0.29) is 6.23 Å². The first-order valence-corrected chi connectivity index (χ1v) is 14.9. The van der Waals surface area contributed by atoms with Gasteiger partial charge in [-0.25, -0.2) is 15.0 Å². The number of hydrogen-bond donors (Lipinski definition) is 1. The van der Waals surface area contributed by atoms with Crippen LogP contribution in [0.3, 0.4) is 0 Å². The van der Waals surface area contributed by atoms with Crippen LogP contribution in [-0.4, -0.2) is 45.3 Å². The van der Waals surface area contributed by atoms with Crippen LogP contribution in [0.1, 0.15) is 34.9 Å². The van der Waals surface area contributed by atoms with E-state index in [0.29, 0.717) is 17.0 Å². The van der Waals surface area contributed by atoms with Gasteiger partial charge in [0.25, 0.3) is 0 Å². The maximum Gasteiger partial charge on any atom is 0.167 e. The number of fused-ring (bicyclic) bond motifs is 1. The Morgan fingerprint density at radius 1 is 0.756 bits per heavy atom. The Kier molecular flexibility index (Phi) is 7.85. The van der Waals surface area contributed by atoms with Crippen molar-refractivity contribution in [2.45, 2.75) is 24.7 Å². The van der Waals surface area contributed by atoms with E-state index in [1.54, 1.807) is 26.9 Å². The van der Waals surface area contributed by atoms with Crippen LogP contribution in [0, 0.1) is 0 Å². The van der Waals surface area contributed by atoms with Crippen LogP contribution in [0.25, 0.3) is 11.2 Å². The smallest absolute Gasteiger partial charge is 0.167 e. The number of nitrogens with one attached hydrogen (secondary N) is 1. The molecule has 4 aromatic carbocycles. The molecule has 1 saturated heterocycles. The fourth-order valence-corrected chi connectivity index (χ4v) is 6.04. The van der Waals surface area contributed by atoms with Gasteiger partial charge in [0.1, 0.15) is 23.4 Å². The second-order valence-corrected chi connectivity index (χ2v) is 10.9. The molecular formula is C36H34N6O3. The Morgan fingerprint density at radius 2 is 1.36 bits per heavy atom. The number of anilines is 1. The van der Waals surface area contributed by atoms with E-state index in [0.717, 1.165) is 47.7 Å². The fraction of sp³-hybridized carbons (Fsp3) is 0.194. The van der Waals surface area contributed by atoms with Gasteiger partial charge in [-0.15, -0.1) is 0 Å². The van der Waals surface area contributed by atoms with Gasteiger partial charge in [0.05, 0.1) is 20.5 Å². The van der Waals surface area contributed by atoms with Crippen molar-refractivity contribution in [3.05, 3.63) is 144 Å².